The minimum absolute atomic E-state index is 0.0556. The fraction of sp³-hybridized carbons (Fsp3) is 0.560. The fourth-order valence-electron chi connectivity index (χ4n) is 5.03. The standard InChI is InChI=1S/C25H29F6N5O/c1-3-5-21(37)35-23-22(14(2)24(26,27)28)17(7-9-33-23)18-10-16(25(29,30)31)11-20(34-18)36-12-15-6-4-8-32-19(15)13-36/h7,9-11,14-15,19,32H,3-6,8,12-13H2,1-2H3,(H,33,35,37). The molecular weight excluding hydrogens is 500 g/mol. The first-order valence-corrected chi connectivity index (χ1v) is 12.3. The first kappa shape index (κ1) is 27.2. The summed E-state index contributed by atoms with van der Waals surface area (Å²) in [6.07, 6.45) is -5.87. The van der Waals surface area contributed by atoms with Crippen LogP contribution in [0.2, 0.25) is 0 Å². The Kier molecular flexibility index (Phi) is 7.68. The van der Waals surface area contributed by atoms with Crippen molar-refractivity contribution in [2.24, 2.45) is 5.92 Å². The van der Waals surface area contributed by atoms with E-state index in [0.717, 1.165) is 38.4 Å². The van der Waals surface area contributed by atoms with Gasteiger partial charge < -0.3 is 15.5 Å². The van der Waals surface area contributed by atoms with E-state index in [1.54, 1.807) is 11.8 Å². The molecule has 0 aromatic carbocycles. The van der Waals surface area contributed by atoms with Gasteiger partial charge in [-0.15, -0.1) is 0 Å². The van der Waals surface area contributed by atoms with Crippen LogP contribution in [0.1, 0.15) is 56.6 Å². The van der Waals surface area contributed by atoms with Gasteiger partial charge in [-0.1, -0.05) is 6.92 Å². The summed E-state index contributed by atoms with van der Waals surface area (Å²) in [6.45, 7) is 4.42. The number of pyridine rings is 2. The van der Waals surface area contributed by atoms with Crippen molar-refractivity contribution in [1.29, 1.82) is 0 Å². The molecule has 2 N–H and O–H groups in total. The summed E-state index contributed by atoms with van der Waals surface area (Å²) in [5.74, 6) is -2.67. The van der Waals surface area contributed by atoms with Crippen LogP contribution in [0.15, 0.2) is 24.4 Å². The van der Waals surface area contributed by atoms with Crippen LogP contribution in [0.4, 0.5) is 38.0 Å². The molecule has 0 aliphatic carbocycles. The van der Waals surface area contributed by atoms with E-state index in [2.05, 4.69) is 20.6 Å². The van der Waals surface area contributed by atoms with Crippen molar-refractivity contribution < 1.29 is 31.1 Å². The summed E-state index contributed by atoms with van der Waals surface area (Å²) in [6, 6.07) is 3.03. The van der Waals surface area contributed by atoms with E-state index in [-0.39, 0.29) is 41.3 Å². The highest BCUT2D eigenvalue weighted by molar-refractivity contribution is 5.91. The molecule has 2 aromatic heterocycles. The molecule has 37 heavy (non-hydrogen) atoms. The molecule has 3 unspecified atom stereocenters. The number of halogens is 6. The van der Waals surface area contributed by atoms with Crippen molar-refractivity contribution in [2.45, 2.75) is 63.8 Å². The monoisotopic (exact) mass is 529 g/mol. The minimum atomic E-state index is -4.74. The average molecular weight is 530 g/mol. The predicted molar refractivity (Wildman–Crippen MR) is 127 cm³/mol. The van der Waals surface area contributed by atoms with Crippen LogP contribution in [-0.4, -0.2) is 47.7 Å². The van der Waals surface area contributed by atoms with Crippen molar-refractivity contribution in [1.82, 2.24) is 15.3 Å². The number of nitrogens with zero attached hydrogens (tertiary/aromatic N) is 3. The van der Waals surface area contributed by atoms with E-state index in [9.17, 15) is 31.1 Å². The van der Waals surface area contributed by atoms with Gasteiger partial charge in [0.2, 0.25) is 5.91 Å². The third-order valence-electron chi connectivity index (χ3n) is 6.99. The van der Waals surface area contributed by atoms with Gasteiger partial charge in [-0.25, -0.2) is 9.97 Å². The molecular formula is C25H29F6N5O. The summed E-state index contributed by atoms with van der Waals surface area (Å²) in [7, 11) is 0. The van der Waals surface area contributed by atoms with Gasteiger partial charge in [-0.3, -0.25) is 4.79 Å². The molecule has 0 saturated carbocycles. The molecule has 3 atom stereocenters. The van der Waals surface area contributed by atoms with Crippen molar-refractivity contribution in [3.8, 4) is 11.3 Å². The van der Waals surface area contributed by atoms with E-state index in [1.807, 2.05) is 0 Å². The number of carbonyl (C=O) groups excluding carboxylic acids is 1. The Hall–Kier alpha value is -2.89. The van der Waals surface area contributed by atoms with E-state index in [0.29, 0.717) is 19.5 Å². The van der Waals surface area contributed by atoms with Crippen molar-refractivity contribution in [2.75, 3.05) is 29.9 Å². The predicted octanol–water partition coefficient (Wildman–Crippen LogP) is 5.76. The Morgan fingerprint density at radius 2 is 1.97 bits per heavy atom. The van der Waals surface area contributed by atoms with E-state index in [4.69, 9.17) is 0 Å². The lowest BCUT2D eigenvalue weighted by Gasteiger charge is -2.24. The highest BCUT2D eigenvalue weighted by Gasteiger charge is 2.41. The highest BCUT2D eigenvalue weighted by Crippen LogP contribution is 2.43. The zero-order valence-corrected chi connectivity index (χ0v) is 20.5. The molecule has 2 fully saturated rings. The minimum Gasteiger partial charge on any atom is -0.355 e. The molecule has 2 aromatic rings. The number of aromatic nitrogens is 2. The van der Waals surface area contributed by atoms with Gasteiger partial charge in [0.15, 0.2) is 0 Å². The number of anilines is 2. The summed E-state index contributed by atoms with van der Waals surface area (Å²) in [4.78, 5) is 22.3. The second kappa shape index (κ2) is 10.5. The lowest BCUT2D eigenvalue weighted by atomic mass is 9.93. The molecule has 202 valence electrons. The Labute approximate surface area is 210 Å². The van der Waals surface area contributed by atoms with Gasteiger partial charge in [0, 0.05) is 42.9 Å². The lowest BCUT2D eigenvalue weighted by Crippen LogP contribution is -2.40. The number of hydrogen-bond donors (Lipinski definition) is 2. The Morgan fingerprint density at radius 1 is 1.22 bits per heavy atom. The van der Waals surface area contributed by atoms with Crippen LogP contribution in [0.25, 0.3) is 11.3 Å². The lowest BCUT2D eigenvalue weighted by molar-refractivity contribution is -0.146. The topological polar surface area (TPSA) is 70.2 Å². The number of rotatable bonds is 6. The molecule has 2 saturated heterocycles. The summed E-state index contributed by atoms with van der Waals surface area (Å²) >= 11 is 0. The van der Waals surface area contributed by atoms with Gasteiger partial charge in [0.25, 0.3) is 0 Å². The third kappa shape index (κ3) is 6.00. The SMILES string of the molecule is CCCC(=O)Nc1nccc(-c2cc(C(F)(F)F)cc(N3CC4CCCNC4C3)n2)c1C(C)C(F)(F)F. The number of piperidine rings is 1. The molecule has 2 aliphatic rings. The van der Waals surface area contributed by atoms with Crippen LogP contribution in [0, 0.1) is 5.92 Å². The van der Waals surface area contributed by atoms with Crippen LogP contribution >= 0.6 is 0 Å². The van der Waals surface area contributed by atoms with Gasteiger partial charge in [0.05, 0.1) is 17.2 Å². The molecule has 0 radical (unpaired) electrons. The van der Waals surface area contributed by atoms with Crippen LogP contribution in [0.3, 0.4) is 0 Å². The Bertz CT molecular complexity index is 1120. The van der Waals surface area contributed by atoms with Gasteiger partial charge >= 0.3 is 12.4 Å². The summed E-state index contributed by atoms with van der Waals surface area (Å²) < 4.78 is 83.5. The molecule has 6 nitrogen and oxygen atoms in total. The number of amides is 1. The average Bonchev–Trinajstić information content (AvgIpc) is 3.27. The van der Waals surface area contributed by atoms with E-state index >= 15 is 0 Å². The normalized spacial score (nSPS) is 21.0. The zero-order valence-electron chi connectivity index (χ0n) is 20.5. The van der Waals surface area contributed by atoms with Gasteiger partial charge in [0.1, 0.15) is 11.6 Å². The summed E-state index contributed by atoms with van der Waals surface area (Å²) in [5, 5.41) is 5.79. The maximum absolute atomic E-state index is 13.9. The molecule has 2 aliphatic heterocycles. The van der Waals surface area contributed by atoms with Crippen LogP contribution in [-0.2, 0) is 11.0 Å². The Morgan fingerprint density at radius 3 is 2.62 bits per heavy atom. The first-order chi connectivity index (χ1) is 17.4. The quantitative estimate of drug-likeness (QED) is 0.466. The number of carbonyl (C=O) groups is 1. The molecule has 12 heteroatoms. The number of fused-ring (bicyclic) bond motifs is 1. The second-order valence-electron chi connectivity index (χ2n) is 9.65. The second-order valence-corrected chi connectivity index (χ2v) is 9.65. The van der Waals surface area contributed by atoms with Crippen LogP contribution < -0.4 is 15.5 Å². The maximum atomic E-state index is 13.9. The van der Waals surface area contributed by atoms with Gasteiger partial charge in [-0.2, -0.15) is 26.3 Å². The maximum Gasteiger partial charge on any atom is 0.416 e. The smallest absolute Gasteiger partial charge is 0.355 e. The van der Waals surface area contributed by atoms with Crippen molar-refractivity contribution in [3.05, 3.63) is 35.5 Å². The Balaban J connectivity index is 1.84. The molecule has 4 rings (SSSR count). The molecule has 1 amide bonds. The van der Waals surface area contributed by atoms with Crippen LogP contribution in [0.5, 0.6) is 0 Å². The van der Waals surface area contributed by atoms with Crippen molar-refractivity contribution >= 4 is 17.5 Å². The van der Waals surface area contributed by atoms with E-state index < -0.39 is 35.3 Å². The first-order valence-electron chi connectivity index (χ1n) is 12.3. The largest absolute Gasteiger partial charge is 0.416 e. The number of nitrogens with one attached hydrogen (secondary N) is 2. The molecule has 4 heterocycles. The van der Waals surface area contributed by atoms with E-state index in [1.165, 1.54) is 12.3 Å². The number of alkyl halides is 6. The summed E-state index contributed by atoms with van der Waals surface area (Å²) in [5.41, 5.74) is -1.84. The number of hydrogen-bond acceptors (Lipinski definition) is 5. The molecule has 0 spiro atoms. The van der Waals surface area contributed by atoms with Gasteiger partial charge in [-0.05, 0) is 56.8 Å². The highest BCUT2D eigenvalue weighted by atomic mass is 19.4. The third-order valence-corrected chi connectivity index (χ3v) is 6.99. The fourth-order valence-corrected chi connectivity index (χ4v) is 5.03. The van der Waals surface area contributed by atoms with Crippen molar-refractivity contribution in [3.63, 3.8) is 0 Å². The zero-order chi connectivity index (χ0) is 27.0. The molecule has 0 bridgehead atoms.